The van der Waals surface area contributed by atoms with E-state index in [2.05, 4.69) is 41.9 Å². The van der Waals surface area contributed by atoms with Gasteiger partial charge in [-0.1, -0.05) is 91.1 Å². The number of nitrogens with zero attached hydrogens (tertiary/aromatic N) is 2. The van der Waals surface area contributed by atoms with Crippen molar-refractivity contribution >= 4 is 45.1 Å². The van der Waals surface area contributed by atoms with E-state index in [0.29, 0.717) is 30.4 Å². The summed E-state index contributed by atoms with van der Waals surface area (Å²) in [5, 5.41) is 20.5. The van der Waals surface area contributed by atoms with Crippen LogP contribution in [0.4, 0.5) is 5.69 Å². The average molecular weight is 611 g/mol. The maximum atomic E-state index is 10.2. The number of rotatable bonds is 14. The van der Waals surface area contributed by atoms with Gasteiger partial charge < -0.3 is 15.2 Å². The highest BCUT2D eigenvalue weighted by Gasteiger charge is 2.28. The first-order valence-electron chi connectivity index (χ1n) is 12.8. The van der Waals surface area contributed by atoms with Crippen molar-refractivity contribution in [1.82, 2.24) is 0 Å². The Morgan fingerprint density at radius 2 is 1.29 bits per heavy atom. The molecule has 0 unspecified atom stereocenters. The predicted molar refractivity (Wildman–Crippen MR) is 159 cm³/mol. The second-order valence-electron chi connectivity index (χ2n) is 8.60. The van der Waals surface area contributed by atoms with Gasteiger partial charge in [0.1, 0.15) is 23.3 Å². The van der Waals surface area contributed by atoms with Gasteiger partial charge >= 0.3 is 0 Å². The smallest absolute Gasteiger partial charge is 0.153 e. The van der Waals surface area contributed by atoms with Gasteiger partial charge in [-0.2, -0.15) is 10.5 Å². The third kappa shape index (κ3) is 7.86. The molecule has 5 nitrogen and oxygen atoms in total. The molecule has 0 aliphatic rings. The Labute approximate surface area is 242 Å². The van der Waals surface area contributed by atoms with Crippen LogP contribution < -0.4 is 15.2 Å². The topological polar surface area (TPSA) is 92.1 Å². The van der Waals surface area contributed by atoms with Crippen LogP contribution in [0.5, 0.6) is 11.5 Å². The lowest BCUT2D eigenvalue weighted by Gasteiger charge is -2.22. The first-order chi connectivity index (χ1) is 18.5. The van der Waals surface area contributed by atoms with E-state index < -0.39 is 0 Å². The second kappa shape index (κ2) is 15.6. The van der Waals surface area contributed by atoms with Crippen molar-refractivity contribution in [1.29, 1.82) is 10.5 Å². The van der Waals surface area contributed by atoms with Crippen LogP contribution in [0, 0.1) is 22.7 Å². The summed E-state index contributed by atoms with van der Waals surface area (Å²) in [6, 6.07) is 20.1. The molecule has 0 fully saturated rings. The Bertz CT molecular complexity index is 1300. The number of hydrogen-bond acceptors (Lipinski definition) is 7. The zero-order chi connectivity index (χ0) is 27.3. The summed E-state index contributed by atoms with van der Waals surface area (Å²) >= 11 is 6.44. The molecule has 0 bridgehead atoms. The Morgan fingerprint density at radius 1 is 0.763 bits per heavy atom. The molecule has 2 N–H and O–H groups in total. The lowest BCUT2D eigenvalue weighted by Crippen LogP contribution is -2.08. The number of anilines is 1. The zero-order valence-electron chi connectivity index (χ0n) is 21.8. The standard InChI is InChI=1S/C30H32BrN3O2S2/c1-3-5-9-17-35-27-23(19-32)24(20-33)28(36-18-10-6-4-2)30(38-26-12-8-7-11-25(26)34)29(27)37-22-15-13-21(31)14-16-22/h7-8,11-16H,3-6,9-10,17-18,34H2,1-2H3. The van der Waals surface area contributed by atoms with E-state index in [1.807, 2.05) is 48.5 Å². The molecule has 0 saturated heterocycles. The highest BCUT2D eigenvalue weighted by Crippen LogP contribution is 2.53. The Morgan fingerprint density at radius 3 is 1.79 bits per heavy atom. The zero-order valence-corrected chi connectivity index (χ0v) is 25.0. The van der Waals surface area contributed by atoms with Gasteiger partial charge in [-0.3, -0.25) is 0 Å². The van der Waals surface area contributed by atoms with Crippen molar-refractivity contribution in [3.63, 3.8) is 0 Å². The van der Waals surface area contributed by atoms with Crippen LogP contribution in [-0.2, 0) is 0 Å². The molecule has 0 heterocycles. The quantitative estimate of drug-likeness (QED) is 0.144. The highest BCUT2D eigenvalue weighted by molar-refractivity contribution is 9.10. The van der Waals surface area contributed by atoms with Gasteiger partial charge in [0.25, 0.3) is 0 Å². The minimum atomic E-state index is 0.201. The number of nitrogen functional groups attached to an aromatic ring is 1. The fourth-order valence-electron chi connectivity index (χ4n) is 3.69. The lowest BCUT2D eigenvalue weighted by atomic mass is 10.1. The van der Waals surface area contributed by atoms with Crippen LogP contribution in [0.25, 0.3) is 0 Å². The molecule has 0 aliphatic heterocycles. The fraction of sp³-hybridized carbons (Fsp3) is 0.333. The van der Waals surface area contributed by atoms with E-state index in [1.165, 1.54) is 23.5 Å². The number of hydrogen-bond donors (Lipinski definition) is 1. The third-order valence-electron chi connectivity index (χ3n) is 5.70. The molecular formula is C30H32BrN3O2S2. The van der Waals surface area contributed by atoms with Gasteiger partial charge in [0, 0.05) is 20.0 Å². The molecule has 0 spiro atoms. The Kier molecular flexibility index (Phi) is 12.2. The molecule has 8 heteroatoms. The SMILES string of the molecule is CCCCCOc1c(C#N)c(C#N)c(OCCCCC)c(Sc2ccccc2N)c1Sc1ccc(Br)cc1. The van der Waals surface area contributed by atoms with Crippen molar-refractivity contribution < 1.29 is 9.47 Å². The predicted octanol–water partition coefficient (Wildman–Crippen LogP) is 9.22. The molecule has 0 radical (unpaired) electrons. The van der Waals surface area contributed by atoms with Crippen molar-refractivity contribution in [2.24, 2.45) is 0 Å². The lowest BCUT2D eigenvalue weighted by molar-refractivity contribution is 0.284. The monoisotopic (exact) mass is 609 g/mol. The van der Waals surface area contributed by atoms with E-state index in [4.69, 9.17) is 15.2 Å². The van der Waals surface area contributed by atoms with Gasteiger partial charge in [0.2, 0.25) is 0 Å². The molecule has 0 saturated carbocycles. The largest absolute Gasteiger partial charge is 0.491 e. The molecule has 38 heavy (non-hydrogen) atoms. The molecule has 3 aromatic rings. The summed E-state index contributed by atoms with van der Waals surface area (Å²) in [5.74, 6) is 0.833. The molecular weight excluding hydrogens is 578 g/mol. The summed E-state index contributed by atoms with van der Waals surface area (Å²) in [6.45, 7) is 5.17. The van der Waals surface area contributed by atoms with Crippen LogP contribution in [-0.4, -0.2) is 13.2 Å². The normalized spacial score (nSPS) is 10.6. The van der Waals surface area contributed by atoms with E-state index >= 15 is 0 Å². The number of halogens is 1. The summed E-state index contributed by atoms with van der Waals surface area (Å²) in [4.78, 5) is 3.29. The molecule has 3 rings (SSSR count). The summed E-state index contributed by atoms with van der Waals surface area (Å²) < 4.78 is 13.6. The first kappa shape index (κ1) is 29.8. The summed E-state index contributed by atoms with van der Waals surface area (Å²) in [6.07, 6.45) is 5.84. The number of nitrogens with two attached hydrogens (primary N) is 1. The van der Waals surface area contributed by atoms with E-state index in [9.17, 15) is 10.5 Å². The molecule has 0 aliphatic carbocycles. The minimum absolute atomic E-state index is 0.201. The van der Waals surface area contributed by atoms with Gasteiger partial charge in [-0.05, 0) is 49.2 Å². The van der Waals surface area contributed by atoms with Crippen LogP contribution in [0.3, 0.4) is 0 Å². The second-order valence-corrected chi connectivity index (χ2v) is 11.6. The number of benzene rings is 3. The van der Waals surface area contributed by atoms with Crippen molar-refractivity contribution in [3.8, 4) is 23.6 Å². The van der Waals surface area contributed by atoms with E-state index in [0.717, 1.165) is 62.6 Å². The van der Waals surface area contributed by atoms with Gasteiger partial charge in [0.15, 0.2) is 11.5 Å². The minimum Gasteiger partial charge on any atom is -0.491 e. The van der Waals surface area contributed by atoms with Crippen LogP contribution in [0.15, 0.2) is 72.6 Å². The Balaban J connectivity index is 2.25. The van der Waals surface area contributed by atoms with Crippen molar-refractivity contribution in [2.75, 3.05) is 18.9 Å². The average Bonchev–Trinajstić information content (AvgIpc) is 2.93. The van der Waals surface area contributed by atoms with Crippen LogP contribution in [0.2, 0.25) is 0 Å². The molecule has 0 aromatic heterocycles. The number of para-hydroxylation sites is 1. The number of nitriles is 2. The van der Waals surface area contributed by atoms with E-state index in [-0.39, 0.29) is 11.1 Å². The molecule has 3 aromatic carbocycles. The van der Waals surface area contributed by atoms with Gasteiger partial charge in [-0.25, -0.2) is 0 Å². The van der Waals surface area contributed by atoms with Gasteiger partial charge in [-0.15, -0.1) is 0 Å². The fourth-order valence-corrected chi connectivity index (χ4v) is 6.14. The third-order valence-corrected chi connectivity index (χ3v) is 8.64. The Hall–Kier alpha value is -2.78. The summed E-state index contributed by atoms with van der Waals surface area (Å²) in [5.41, 5.74) is 7.37. The van der Waals surface area contributed by atoms with Crippen LogP contribution in [0.1, 0.15) is 63.5 Å². The number of unbranched alkanes of at least 4 members (excludes halogenated alkanes) is 4. The maximum absolute atomic E-state index is 10.2. The number of ether oxygens (including phenoxy) is 2. The highest BCUT2D eigenvalue weighted by atomic mass is 79.9. The van der Waals surface area contributed by atoms with Gasteiger partial charge in [0.05, 0.1) is 23.0 Å². The van der Waals surface area contributed by atoms with Crippen molar-refractivity contribution in [3.05, 3.63) is 64.1 Å². The first-order valence-corrected chi connectivity index (χ1v) is 15.2. The molecule has 0 atom stereocenters. The maximum Gasteiger partial charge on any atom is 0.153 e. The van der Waals surface area contributed by atoms with E-state index in [1.54, 1.807) is 0 Å². The van der Waals surface area contributed by atoms with Crippen LogP contribution >= 0.6 is 39.5 Å². The van der Waals surface area contributed by atoms with Crippen molar-refractivity contribution in [2.45, 2.75) is 72.0 Å². The molecule has 0 amide bonds. The molecule has 198 valence electrons. The summed E-state index contributed by atoms with van der Waals surface area (Å²) in [7, 11) is 0.